The van der Waals surface area contributed by atoms with E-state index in [4.69, 9.17) is 10.5 Å². The van der Waals surface area contributed by atoms with Gasteiger partial charge in [0, 0.05) is 31.2 Å². The van der Waals surface area contributed by atoms with E-state index in [0.29, 0.717) is 19.0 Å². The van der Waals surface area contributed by atoms with Crippen LogP contribution in [0.3, 0.4) is 0 Å². The van der Waals surface area contributed by atoms with Crippen LogP contribution in [0.25, 0.3) is 0 Å². The number of benzene rings is 1. The van der Waals surface area contributed by atoms with Crippen LogP contribution >= 0.6 is 0 Å². The summed E-state index contributed by atoms with van der Waals surface area (Å²) in [5, 5.41) is 2.89. The van der Waals surface area contributed by atoms with Crippen molar-refractivity contribution in [3.63, 3.8) is 0 Å². The number of nitrogens with one attached hydrogen (secondary N) is 1. The van der Waals surface area contributed by atoms with Crippen LogP contribution in [0.4, 0.5) is 5.69 Å². The highest BCUT2D eigenvalue weighted by Crippen LogP contribution is 2.31. The lowest BCUT2D eigenvalue weighted by Crippen LogP contribution is -2.41. The Morgan fingerprint density at radius 1 is 1.39 bits per heavy atom. The van der Waals surface area contributed by atoms with E-state index in [0.717, 1.165) is 24.3 Å². The topological polar surface area (TPSA) is 84.7 Å². The predicted molar refractivity (Wildman–Crippen MR) is 87.2 cm³/mol. The van der Waals surface area contributed by atoms with Crippen molar-refractivity contribution in [3.05, 3.63) is 24.3 Å². The zero-order chi connectivity index (χ0) is 16.4. The Morgan fingerprint density at radius 3 is 2.70 bits per heavy atom. The Morgan fingerprint density at radius 2 is 2.09 bits per heavy atom. The standard InChI is InChI=1S/C17H23N3O3/c1-23-14-6-4-13(5-7-14)20-10-12(8-16(20)21)17(22)19-9-15(18)11-2-3-11/h4-7,11-12,15H,2-3,8-10,18H2,1H3,(H,19,22). The molecular weight excluding hydrogens is 294 g/mol. The van der Waals surface area contributed by atoms with Crippen LogP contribution in [-0.2, 0) is 9.59 Å². The molecule has 1 aliphatic carbocycles. The third-order valence-corrected chi connectivity index (χ3v) is 4.62. The van der Waals surface area contributed by atoms with Crippen molar-refractivity contribution in [2.24, 2.45) is 17.6 Å². The van der Waals surface area contributed by atoms with Gasteiger partial charge in [0.05, 0.1) is 13.0 Å². The third kappa shape index (κ3) is 3.64. The number of rotatable bonds is 6. The first-order valence-corrected chi connectivity index (χ1v) is 8.06. The molecule has 124 valence electrons. The molecule has 2 fully saturated rings. The van der Waals surface area contributed by atoms with E-state index < -0.39 is 0 Å². The highest BCUT2D eigenvalue weighted by Gasteiger charge is 2.36. The molecule has 3 rings (SSSR count). The number of nitrogens with two attached hydrogens (primary N) is 1. The number of anilines is 1. The summed E-state index contributed by atoms with van der Waals surface area (Å²) in [6, 6.07) is 7.32. The van der Waals surface area contributed by atoms with Crippen LogP contribution in [-0.4, -0.2) is 38.1 Å². The Balaban J connectivity index is 1.56. The maximum Gasteiger partial charge on any atom is 0.227 e. The van der Waals surface area contributed by atoms with Crippen molar-refractivity contribution in [2.75, 3.05) is 25.1 Å². The number of carbonyl (C=O) groups excluding carboxylic acids is 2. The van der Waals surface area contributed by atoms with Crippen molar-refractivity contribution < 1.29 is 14.3 Å². The largest absolute Gasteiger partial charge is 0.497 e. The zero-order valence-corrected chi connectivity index (χ0v) is 13.3. The second-order valence-corrected chi connectivity index (χ2v) is 6.35. The van der Waals surface area contributed by atoms with Crippen LogP contribution in [0.2, 0.25) is 0 Å². The fourth-order valence-electron chi connectivity index (χ4n) is 2.95. The van der Waals surface area contributed by atoms with Gasteiger partial charge < -0.3 is 20.7 Å². The molecule has 0 aromatic heterocycles. The average molecular weight is 317 g/mol. The molecule has 2 aliphatic rings. The second kappa shape index (κ2) is 6.58. The van der Waals surface area contributed by atoms with Gasteiger partial charge in [-0.05, 0) is 43.0 Å². The van der Waals surface area contributed by atoms with Gasteiger partial charge >= 0.3 is 0 Å². The molecule has 1 aliphatic heterocycles. The quantitative estimate of drug-likeness (QED) is 0.816. The average Bonchev–Trinajstić information content (AvgIpc) is 3.35. The molecule has 0 radical (unpaired) electrons. The van der Waals surface area contributed by atoms with Gasteiger partial charge in [0.2, 0.25) is 11.8 Å². The molecule has 1 aromatic carbocycles. The molecular formula is C17H23N3O3. The van der Waals surface area contributed by atoms with E-state index in [2.05, 4.69) is 5.32 Å². The molecule has 6 nitrogen and oxygen atoms in total. The van der Waals surface area contributed by atoms with E-state index in [1.54, 1.807) is 12.0 Å². The third-order valence-electron chi connectivity index (χ3n) is 4.62. The van der Waals surface area contributed by atoms with E-state index >= 15 is 0 Å². The van der Waals surface area contributed by atoms with Crippen molar-refractivity contribution in [3.8, 4) is 5.75 Å². The molecule has 2 atom stereocenters. The zero-order valence-electron chi connectivity index (χ0n) is 13.3. The molecule has 0 bridgehead atoms. The summed E-state index contributed by atoms with van der Waals surface area (Å²) in [4.78, 5) is 26.1. The summed E-state index contributed by atoms with van der Waals surface area (Å²) in [6.07, 6.45) is 2.56. The summed E-state index contributed by atoms with van der Waals surface area (Å²) in [5.74, 6) is 0.878. The van der Waals surface area contributed by atoms with Crippen LogP contribution in [0, 0.1) is 11.8 Å². The Hall–Kier alpha value is -2.08. The van der Waals surface area contributed by atoms with E-state index in [1.165, 1.54) is 0 Å². The first kappa shape index (κ1) is 15.8. The lowest BCUT2D eigenvalue weighted by molar-refractivity contribution is -0.126. The summed E-state index contributed by atoms with van der Waals surface area (Å²) in [7, 11) is 1.60. The highest BCUT2D eigenvalue weighted by molar-refractivity contribution is 6.00. The molecule has 1 heterocycles. The minimum atomic E-state index is -0.309. The maximum absolute atomic E-state index is 12.3. The van der Waals surface area contributed by atoms with Gasteiger partial charge in [0.1, 0.15) is 5.75 Å². The van der Waals surface area contributed by atoms with Gasteiger partial charge in [-0.1, -0.05) is 0 Å². The monoisotopic (exact) mass is 317 g/mol. The molecule has 6 heteroatoms. The molecule has 3 N–H and O–H groups in total. The van der Waals surface area contributed by atoms with Crippen LogP contribution < -0.4 is 20.7 Å². The number of hydrogen-bond donors (Lipinski definition) is 2. The lowest BCUT2D eigenvalue weighted by Gasteiger charge is -2.17. The Labute approximate surface area is 136 Å². The fraction of sp³-hybridized carbons (Fsp3) is 0.529. The molecule has 2 amide bonds. The van der Waals surface area contributed by atoms with Gasteiger partial charge in [0.25, 0.3) is 0 Å². The number of ether oxygens (including phenoxy) is 1. The Kier molecular flexibility index (Phi) is 4.52. The fourth-order valence-corrected chi connectivity index (χ4v) is 2.95. The van der Waals surface area contributed by atoms with Crippen molar-refractivity contribution >= 4 is 17.5 Å². The summed E-state index contributed by atoms with van der Waals surface area (Å²) in [6.45, 7) is 0.909. The van der Waals surface area contributed by atoms with Crippen molar-refractivity contribution in [1.29, 1.82) is 0 Å². The number of hydrogen-bond acceptors (Lipinski definition) is 4. The van der Waals surface area contributed by atoms with E-state index in [9.17, 15) is 9.59 Å². The molecule has 1 aromatic rings. The molecule has 1 saturated heterocycles. The molecule has 23 heavy (non-hydrogen) atoms. The van der Waals surface area contributed by atoms with Gasteiger partial charge in [-0.25, -0.2) is 0 Å². The number of nitrogens with zero attached hydrogens (tertiary/aromatic N) is 1. The molecule has 1 saturated carbocycles. The van der Waals surface area contributed by atoms with Crippen molar-refractivity contribution in [1.82, 2.24) is 5.32 Å². The maximum atomic E-state index is 12.3. The molecule has 0 spiro atoms. The molecule has 2 unspecified atom stereocenters. The van der Waals surface area contributed by atoms with Gasteiger partial charge in [-0.2, -0.15) is 0 Å². The minimum absolute atomic E-state index is 0.0261. The first-order chi connectivity index (χ1) is 11.1. The second-order valence-electron chi connectivity index (χ2n) is 6.35. The van der Waals surface area contributed by atoms with Crippen LogP contribution in [0.5, 0.6) is 5.75 Å². The van der Waals surface area contributed by atoms with E-state index in [1.807, 2.05) is 24.3 Å². The number of amides is 2. The van der Waals surface area contributed by atoms with Crippen LogP contribution in [0.15, 0.2) is 24.3 Å². The summed E-state index contributed by atoms with van der Waals surface area (Å²) >= 11 is 0. The van der Waals surface area contributed by atoms with E-state index in [-0.39, 0.29) is 30.2 Å². The van der Waals surface area contributed by atoms with Crippen LogP contribution in [0.1, 0.15) is 19.3 Å². The predicted octanol–water partition coefficient (Wildman–Crippen LogP) is 0.902. The lowest BCUT2D eigenvalue weighted by atomic mass is 10.1. The SMILES string of the molecule is COc1ccc(N2CC(C(=O)NCC(N)C3CC3)CC2=O)cc1. The Bertz CT molecular complexity index is 583. The van der Waals surface area contributed by atoms with Gasteiger partial charge in [-0.15, -0.1) is 0 Å². The smallest absolute Gasteiger partial charge is 0.227 e. The minimum Gasteiger partial charge on any atom is -0.497 e. The first-order valence-electron chi connectivity index (χ1n) is 8.06. The van der Waals surface area contributed by atoms with Gasteiger partial charge in [-0.3, -0.25) is 9.59 Å². The summed E-state index contributed by atoms with van der Waals surface area (Å²) < 4.78 is 5.12. The highest BCUT2D eigenvalue weighted by atomic mass is 16.5. The van der Waals surface area contributed by atoms with Crippen molar-refractivity contribution in [2.45, 2.75) is 25.3 Å². The number of carbonyl (C=O) groups is 2. The number of methoxy groups -OCH3 is 1. The van der Waals surface area contributed by atoms with Gasteiger partial charge in [0.15, 0.2) is 0 Å². The summed E-state index contributed by atoms with van der Waals surface area (Å²) in [5.41, 5.74) is 6.79. The normalized spacial score (nSPS) is 22.1.